The topological polar surface area (TPSA) is 15.3 Å². The van der Waals surface area contributed by atoms with Crippen LogP contribution in [0.4, 0.5) is 0 Å². The molecule has 0 heterocycles. The Morgan fingerprint density at radius 1 is 1.14 bits per heavy atom. The molecule has 0 aromatic rings. The minimum Gasteiger partial charge on any atom is -0.315 e. The summed E-state index contributed by atoms with van der Waals surface area (Å²) < 4.78 is 0. The van der Waals surface area contributed by atoms with Crippen LogP contribution in [-0.4, -0.2) is 38.1 Å². The van der Waals surface area contributed by atoms with Crippen LogP contribution in [0.1, 0.15) is 34.6 Å². The first-order valence-corrected chi connectivity index (χ1v) is 5.61. The van der Waals surface area contributed by atoms with Crippen LogP contribution < -0.4 is 5.32 Å². The third kappa shape index (κ3) is 6.39. The smallest absolute Gasteiger partial charge is 0.0237 e. The summed E-state index contributed by atoms with van der Waals surface area (Å²) in [4.78, 5) is 2.31. The third-order valence-electron chi connectivity index (χ3n) is 2.44. The van der Waals surface area contributed by atoms with Gasteiger partial charge in [0.25, 0.3) is 0 Å². The van der Waals surface area contributed by atoms with Crippen molar-refractivity contribution >= 4 is 0 Å². The molecule has 0 spiro atoms. The first-order valence-electron chi connectivity index (χ1n) is 5.61. The van der Waals surface area contributed by atoms with Crippen LogP contribution in [0, 0.1) is 11.3 Å². The van der Waals surface area contributed by atoms with Crippen molar-refractivity contribution in [3.05, 3.63) is 0 Å². The van der Waals surface area contributed by atoms with Gasteiger partial charge >= 0.3 is 0 Å². The first kappa shape index (κ1) is 13.9. The average molecular weight is 200 g/mol. The average Bonchev–Trinajstić information content (AvgIpc) is 1.94. The fraction of sp³-hybridized carbons (Fsp3) is 1.00. The lowest BCUT2D eigenvalue weighted by Gasteiger charge is -2.29. The zero-order valence-corrected chi connectivity index (χ0v) is 11.0. The quantitative estimate of drug-likeness (QED) is 0.732. The van der Waals surface area contributed by atoms with Crippen LogP contribution >= 0.6 is 0 Å². The van der Waals surface area contributed by atoms with E-state index in [1.807, 2.05) is 0 Å². The van der Waals surface area contributed by atoms with E-state index in [0.29, 0.717) is 17.4 Å². The summed E-state index contributed by atoms with van der Waals surface area (Å²) >= 11 is 0. The van der Waals surface area contributed by atoms with E-state index in [1.54, 1.807) is 0 Å². The Bertz CT molecular complexity index is 137. The molecule has 0 aromatic heterocycles. The van der Waals surface area contributed by atoms with E-state index in [0.717, 1.165) is 13.1 Å². The molecule has 0 aromatic carbocycles. The molecule has 0 saturated heterocycles. The highest BCUT2D eigenvalue weighted by Crippen LogP contribution is 2.11. The van der Waals surface area contributed by atoms with Gasteiger partial charge in [-0.2, -0.15) is 0 Å². The van der Waals surface area contributed by atoms with Gasteiger partial charge in [-0.05, 0) is 25.4 Å². The molecule has 0 radical (unpaired) electrons. The van der Waals surface area contributed by atoms with Crippen molar-refractivity contribution in [2.45, 2.75) is 40.7 Å². The van der Waals surface area contributed by atoms with E-state index in [2.05, 4.69) is 58.9 Å². The molecule has 0 saturated carbocycles. The summed E-state index contributed by atoms with van der Waals surface area (Å²) in [7, 11) is 4.31. The highest BCUT2D eigenvalue weighted by molar-refractivity contribution is 4.74. The van der Waals surface area contributed by atoms with Crippen LogP contribution in [0.2, 0.25) is 0 Å². The molecular weight excluding hydrogens is 172 g/mol. The minimum absolute atomic E-state index is 0.383. The summed E-state index contributed by atoms with van der Waals surface area (Å²) in [6, 6.07) is 0.636. The maximum Gasteiger partial charge on any atom is 0.0237 e. The van der Waals surface area contributed by atoms with Gasteiger partial charge in [-0.3, -0.25) is 0 Å². The number of rotatable bonds is 5. The van der Waals surface area contributed by atoms with Crippen LogP contribution in [0.25, 0.3) is 0 Å². The van der Waals surface area contributed by atoms with Gasteiger partial charge in [0.05, 0.1) is 0 Å². The third-order valence-corrected chi connectivity index (χ3v) is 2.44. The van der Waals surface area contributed by atoms with Gasteiger partial charge in [-0.25, -0.2) is 0 Å². The second-order valence-electron chi connectivity index (χ2n) is 5.97. The maximum absolute atomic E-state index is 3.55. The van der Waals surface area contributed by atoms with Crippen LogP contribution in [-0.2, 0) is 0 Å². The summed E-state index contributed by atoms with van der Waals surface area (Å²) in [6.07, 6.45) is 0. The number of likely N-dealkylation sites (N-methyl/N-ethyl adjacent to an activating group) is 1. The van der Waals surface area contributed by atoms with Gasteiger partial charge in [0.2, 0.25) is 0 Å². The number of hydrogen-bond acceptors (Lipinski definition) is 2. The molecule has 0 aliphatic carbocycles. The normalized spacial score (nSPS) is 15.2. The molecule has 86 valence electrons. The van der Waals surface area contributed by atoms with E-state index >= 15 is 0 Å². The summed E-state index contributed by atoms with van der Waals surface area (Å²) in [5, 5.41) is 3.55. The molecule has 0 fully saturated rings. The molecular formula is C12H28N2. The van der Waals surface area contributed by atoms with Crippen LogP contribution in [0.3, 0.4) is 0 Å². The SMILES string of the molecule is CC(C)C(CNCC(C)(C)C)N(C)C. The zero-order chi connectivity index (χ0) is 11.4. The van der Waals surface area contributed by atoms with Crippen molar-refractivity contribution in [3.63, 3.8) is 0 Å². The Balaban J connectivity index is 3.84. The lowest BCUT2D eigenvalue weighted by Crippen LogP contribution is -2.43. The molecule has 14 heavy (non-hydrogen) atoms. The molecule has 0 aliphatic rings. The lowest BCUT2D eigenvalue weighted by molar-refractivity contribution is 0.217. The van der Waals surface area contributed by atoms with E-state index in [9.17, 15) is 0 Å². The number of hydrogen-bond donors (Lipinski definition) is 1. The molecule has 0 amide bonds. The highest BCUT2D eigenvalue weighted by Gasteiger charge is 2.16. The van der Waals surface area contributed by atoms with E-state index in [4.69, 9.17) is 0 Å². The number of nitrogens with zero attached hydrogens (tertiary/aromatic N) is 1. The fourth-order valence-electron chi connectivity index (χ4n) is 1.61. The van der Waals surface area contributed by atoms with Crippen molar-refractivity contribution in [3.8, 4) is 0 Å². The van der Waals surface area contributed by atoms with Crippen LogP contribution in [0.5, 0.6) is 0 Å². The molecule has 0 aliphatic heterocycles. The summed E-state index contributed by atoms with van der Waals surface area (Å²) in [5.41, 5.74) is 0.383. The Kier molecular flexibility index (Phi) is 5.68. The Labute approximate surface area is 90.1 Å². The van der Waals surface area contributed by atoms with Gasteiger partial charge < -0.3 is 10.2 Å². The van der Waals surface area contributed by atoms with Gasteiger partial charge in [0.15, 0.2) is 0 Å². The van der Waals surface area contributed by atoms with Crippen molar-refractivity contribution in [2.75, 3.05) is 27.2 Å². The van der Waals surface area contributed by atoms with Gasteiger partial charge in [0.1, 0.15) is 0 Å². The largest absolute Gasteiger partial charge is 0.315 e. The van der Waals surface area contributed by atoms with Crippen LogP contribution in [0.15, 0.2) is 0 Å². The molecule has 2 heteroatoms. The zero-order valence-electron chi connectivity index (χ0n) is 11.0. The second kappa shape index (κ2) is 5.72. The maximum atomic E-state index is 3.55. The molecule has 1 unspecified atom stereocenters. The van der Waals surface area contributed by atoms with Gasteiger partial charge in [-0.15, -0.1) is 0 Å². The predicted octanol–water partition coefficient (Wildman–Crippen LogP) is 2.21. The van der Waals surface area contributed by atoms with E-state index in [1.165, 1.54) is 0 Å². The monoisotopic (exact) mass is 200 g/mol. The number of nitrogens with one attached hydrogen (secondary N) is 1. The van der Waals surface area contributed by atoms with Crippen molar-refractivity contribution in [1.29, 1.82) is 0 Å². The molecule has 2 nitrogen and oxygen atoms in total. The summed E-state index contributed by atoms with van der Waals surface area (Å²) in [6.45, 7) is 13.5. The highest BCUT2D eigenvalue weighted by atomic mass is 15.1. The van der Waals surface area contributed by atoms with Gasteiger partial charge in [-0.1, -0.05) is 34.6 Å². The Morgan fingerprint density at radius 2 is 1.64 bits per heavy atom. The molecule has 0 bridgehead atoms. The molecule has 0 rings (SSSR count). The lowest BCUT2D eigenvalue weighted by atomic mass is 9.96. The molecule has 1 atom stereocenters. The van der Waals surface area contributed by atoms with Crippen molar-refractivity contribution < 1.29 is 0 Å². The fourth-order valence-corrected chi connectivity index (χ4v) is 1.61. The first-order chi connectivity index (χ1) is 6.24. The Hall–Kier alpha value is -0.0800. The van der Waals surface area contributed by atoms with Crippen molar-refractivity contribution in [2.24, 2.45) is 11.3 Å². The Morgan fingerprint density at radius 3 is 1.93 bits per heavy atom. The predicted molar refractivity (Wildman–Crippen MR) is 64.6 cm³/mol. The minimum atomic E-state index is 0.383. The van der Waals surface area contributed by atoms with E-state index < -0.39 is 0 Å². The van der Waals surface area contributed by atoms with Crippen molar-refractivity contribution in [1.82, 2.24) is 10.2 Å². The summed E-state index contributed by atoms with van der Waals surface area (Å²) in [5.74, 6) is 0.706. The second-order valence-corrected chi connectivity index (χ2v) is 5.97. The molecule has 1 N–H and O–H groups in total. The standard InChI is InChI=1S/C12H28N2/c1-10(2)11(14(6)7)8-13-9-12(3,4)5/h10-11,13H,8-9H2,1-7H3. The van der Waals surface area contributed by atoms with E-state index in [-0.39, 0.29) is 0 Å². The van der Waals surface area contributed by atoms with Gasteiger partial charge in [0, 0.05) is 19.1 Å².